The van der Waals surface area contributed by atoms with E-state index in [2.05, 4.69) is 28.1 Å². The number of nitrogens with zero attached hydrogens (tertiary/aromatic N) is 4. The summed E-state index contributed by atoms with van der Waals surface area (Å²) < 4.78 is 1.73. The van der Waals surface area contributed by atoms with E-state index in [1.807, 2.05) is 25.2 Å². The first-order chi connectivity index (χ1) is 8.68. The molecule has 3 rings (SSSR count). The van der Waals surface area contributed by atoms with Crippen LogP contribution in [0, 0.1) is 6.92 Å². The van der Waals surface area contributed by atoms with Gasteiger partial charge in [0.1, 0.15) is 17.8 Å². The molecule has 0 aliphatic heterocycles. The number of rotatable bonds is 1. The van der Waals surface area contributed by atoms with Gasteiger partial charge in [-0.2, -0.15) is 5.10 Å². The number of fused-ring (bicyclic) bond motifs is 1. The molecule has 0 atom stereocenters. The lowest BCUT2D eigenvalue weighted by atomic mass is 10.0. The molecule has 2 heterocycles. The van der Waals surface area contributed by atoms with E-state index in [0.717, 1.165) is 27.9 Å². The smallest absolute Gasteiger partial charge is 0.163 e. The van der Waals surface area contributed by atoms with Crippen molar-refractivity contribution in [2.45, 2.75) is 6.92 Å². The summed E-state index contributed by atoms with van der Waals surface area (Å²) in [5.74, 6) is 0.464. The number of nitrogens with two attached hydrogens (primary N) is 1. The molecule has 3 aromatic rings. The van der Waals surface area contributed by atoms with Crippen LogP contribution in [0.5, 0.6) is 0 Å². The average molecular weight is 239 g/mol. The van der Waals surface area contributed by atoms with E-state index in [0.29, 0.717) is 5.82 Å². The molecule has 0 saturated carbocycles. The van der Waals surface area contributed by atoms with Gasteiger partial charge in [0.15, 0.2) is 5.65 Å². The second-order valence-electron chi connectivity index (χ2n) is 4.24. The average Bonchev–Trinajstić information content (AvgIpc) is 2.69. The third-order valence-corrected chi connectivity index (χ3v) is 3.05. The zero-order valence-corrected chi connectivity index (χ0v) is 10.3. The Kier molecular flexibility index (Phi) is 2.26. The molecule has 18 heavy (non-hydrogen) atoms. The predicted octanol–water partition coefficient (Wildman–Crippen LogP) is 1.92. The number of hydrogen-bond acceptors (Lipinski definition) is 4. The predicted molar refractivity (Wildman–Crippen MR) is 70.9 cm³/mol. The molecule has 0 saturated heterocycles. The Labute approximate surface area is 104 Å². The molecule has 5 nitrogen and oxygen atoms in total. The van der Waals surface area contributed by atoms with E-state index in [9.17, 15) is 0 Å². The minimum Gasteiger partial charge on any atom is -0.383 e. The molecule has 0 fully saturated rings. The van der Waals surface area contributed by atoms with Gasteiger partial charge in [0.05, 0.1) is 5.39 Å². The highest BCUT2D eigenvalue weighted by atomic mass is 15.3. The Morgan fingerprint density at radius 2 is 1.94 bits per heavy atom. The summed E-state index contributed by atoms with van der Waals surface area (Å²) in [4.78, 5) is 8.28. The van der Waals surface area contributed by atoms with Crippen molar-refractivity contribution in [3.63, 3.8) is 0 Å². The number of nitrogen functional groups attached to an aromatic ring is 1. The maximum absolute atomic E-state index is 5.95. The molecule has 2 N–H and O–H groups in total. The largest absolute Gasteiger partial charge is 0.383 e. The molecule has 0 spiro atoms. The summed E-state index contributed by atoms with van der Waals surface area (Å²) in [7, 11) is 1.86. The van der Waals surface area contributed by atoms with Crippen molar-refractivity contribution in [1.82, 2.24) is 19.7 Å². The van der Waals surface area contributed by atoms with Gasteiger partial charge in [-0.25, -0.2) is 14.6 Å². The second-order valence-corrected chi connectivity index (χ2v) is 4.24. The number of aryl methyl sites for hydroxylation is 2. The molecule has 90 valence electrons. The number of hydrogen-bond donors (Lipinski definition) is 1. The molecule has 0 aliphatic carbocycles. The molecule has 1 aromatic carbocycles. The Bertz CT molecular complexity index is 729. The second kappa shape index (κ2) is 3.80. The first-order valence-corrected chi connectivity index (χ1v) is 5.67. The molecule has 0 bridgehead atoms. The summed E-state index contributed by atoms with van der Waals surface area (Å²) in [5.41, 5.74) is 9.75. The third kappa shape index (κ3) is 1.44. The molecule has 5 heteroatoms. The van der Waals surface area contributed by atoms with Crippen molar-refractivity contribution >= 4 is 16.9 Å². The topological polar surface area (TPSA) is 69.6 Å². The van der Waals surface area contributed by atoms with Gasteiger partial charge in [0, 0.05) is 12.6 Å². The van der Waals surface area contributed by atoms with Crippen molar-refractivity contribution in [3.05, 3.63) is 36.2 Å². The van der Waals surface area contributed by atoms with Gasteiger partial charge in [0.2, 0.25) is 0 Å². The van der Waals surface area contributed by atoms with E-state index < -0.39 is 0 Å². The van der Waals surface area contributed by atoms with E-state index in [1.165, 1.54) is 6.33 Å². The van der Waals surface area contributed by atoms with Crippen LogP contribution in [0.15, 0.2) is 30.6 Å². The van der Waals surface area contributed by atoms with Crippen LogP contribution >= 0.6 is 0 Å². The van der Waals surface area contributed by atoms with Crippen LogP contribution in [0.3, 0.4) is 0 Å². The summed E-state index contributed by atoms with van der Waals surface area (Å²) in [6.45, 7) is 2.05. The molecule has 0 unspecified atom stereocenters. The Morgan fingerprint density at radius 3 is 2.72 bits per heavy atom. The third-order valence-electron chi connectivity index (χ3n) is 3.05. The van der Waals surface area contributed by atoms with Crippen LogP contribution in [0.1, 0.15) is 5.56 Å². The lowest BCUT2D eigenvalue weighted by Gasteiger charge is -2.02. The SMILES string of the molecule is Cc1ccccc1-c1nn(C)c2ncnc(N)c12. The molecular formula is C13H13N5. The zero-order chi connectivity index (χ0) is 12.7. The van der Waals surface area contributed by atoms with Crippen LogP contribution in [0.25, 0.3) is 22.3 Å². The van der Waals surface area contributed by atoms with Crippen LogP contribution in [0.4, 0.5) is 5.82 Å². The van der Waals surface area contributed by atoms with Gasteiger partial charge in [-0.1, -0.05) is 24.3 Å². The highest BCUT2D eigenvalue weighted by Gasteiger charge is 2.15. The van der Waals surface area contributed by atoms with Gasteiger partial charge in [-0.05, 0) is 12.5 Å². The maximum atomic E-state index is 5.95. The van der Waals surface area contributed by atoms with Crippen molar-refractivity contribution in [1.29, 1.82) is 0 Å². The first kappa shape index (κ1) is 10.7. The Hall–Kier alpha value is -2.43. The van der Waals surface area contributed by atoms with E-state index in [4.69, 9.17) is 5.73 Å². The van der Waals surface area contributed by atoms with Gasteiger partial charge < -0.3 is 5.73 Å². The van der Waals surface area contributed by atoms with Crippen LogP contribution in [-0.2, 0) is 7.05 Å². The Balaban J connectivity index is 2.41. The van der Waals surface area contributed by atoms with Gasteiger partial charge in [-0.3, -0.25) is 0 Å². The normalized spacial score (nSPS) is 11.0. The minimum atomic E-state index is 0.464. The molecular weight excluding hydrogens is 226 g/mol. The lowest BCUT2D eigenvalue weighted by Crippen LogP contribution is -1.95. The summed E-state index contributed by atoms with van der Waals surface area (Å²) >= 11 is 0. The maximum Gasteiger partial charge on any atom is 0.163 e. The summed E-state index contributed by atoms with van der Waals surface area (Å²) in [6.07, 6.45) is 1.46. The van der Waals surface area contributed by atoms with E-state index >= 15 is 0 Å². The Morgan fingerprint density at radius 1 is 1.17 bits per heavy atom. The molecule has 0 aliphatic rings. The quantitative estimate of drug-likeness (QED) is 0.704. The molecule has 0 radical (unpaired) electrons. The van der Waals surface area contributed by atoms with Crippen molar-refractivity contribution in [2.75, 3.05) is 5.73 Å². The van der Waals surface area contributed by atoms with Gasteiger partial charge in [0.25, 0.3) is 0 Å². The van der Waals surface area contributed by atoms with Crippen LogP contribution in [0.2, 0.25) is 0 Å². The summed E-state index contributed by atoms with van der Waals surface area (Å²) in [5, 5.41) is 5.33. The van der Waals surface area contributed by atoms with Crippen molar-refractivity contribution in [3.8, 4) is 11.3 Å². The van der Waals surface area contributed by atoms with Crippen LogP contribution in [-0.4, -0.2) is 19.7 Å². The highest BCUT2D eigenvalue weighted by molar-refractivity contribution is 5.98. The number of anilines is 1. The van der Waals surface area contributed by atoms with Crippen LogP contribution < -0.4 is 5.73 Å². The standard InChI is InChI=1S/C13H13N5/c1-8-5-3-4-6-9(8)11-10-12(14)15-7-16-13(10)18(2)17-11/h3-7H,1-2H3,(H2,14,15,16). The van der Waals surface area contributed by atoms with Gasteiger partial charge in [-0.15, -0.1) is 0 Å². The van der Waals surface area contributed by atoms with Crippen molar-refractivity contribution < 1.29 is 0 Å². The fourth-order valence-corrected chi connectivity index (χ4v) is 2.14. The van der Waals surface area contributed by atoms with Gasteiger partial charge >= 0.3 is 0 Å². The lowest BCUT2D eigenvalue weighted by molar-refractivity contribution is 0.788. The number of benzene rings is 1. The highest BCUT2D eigenvalue weighted by Crippen LogP contribution is 2.31. The fraction of sp³-hybridized carbons (Fsp3) is 0.154. The number of aromatic nitrogens is 4. The molecule has 0 amide bonds. The van der Waals surface area contributed by atoms with Crippen molar-refractivity contribution in [2.24, 2.45) is 7.05 Å². The zero-order valence-electron chi connectivity index (χ0n) is 10.3. The van der Waals surface area contributed by atoms with E-state index in [-0.39, 0.29) is 0 Å². The molecule has 2 aromatic heterocycles. The summed E-state index contributed by atoms with van der Waals surface area (Å²) in [6, 6.07) is 8.08. The fourth-order valence-electron chi connectivity index (χ4n) is 2.14. The monoisotopic (exact) mass is 239 g/mol. The first-order valence-electron chi connectivity index (χ1n) is 5.67. The minimum absolute atomic E-state index is 0.464. The van der Waals surface area contributed by atoms with E-state index in [1.54, 1.807) is 4.68 Å².